The summed E-state index contributed by atoms with van der Waals surface area (Å²) in [5.41, 5.74) is 0.126. The molecule has 160 valence electrons. The number of carboxylic acids is 1. The number of halogens is 1. The molecule has 0 fully saturated rings. The molecule has 1 heterocycles. The van der Waals surface area contributed by atoms with E-state index in [0.717, 1.165) is 32.1 Å². The monoisotopic (exact) mass is 450 g/mol. The third-order valence-electron chi connectivity index (χ3n) is 5.12. The van der Waals surface area contributed by atoms with Gasteiger partial charge >= 0.3 is 5.97 Å². The molecular formula is C22H23ClO6S. The van der Waals surface area contributed by atoms with Gasteiger partial charge in [-0.2, -0.15) is 0 Å². The first-order valence-corrected chi connectivity index (χ1v) is 12.2. The van der Waals surface area contributed by atoms with Crippen LogP contribution in [0.4, 0.5) is 0 Å². The summed E-state index contributed by atoms with van der Waals surface area (Å²) in [5.74, 6) is -1.17. The number of hydrogen-bond donors (Lipinski definition) is 1. The summed E-state index contributed by atoms with van der Waals surface area (Å²) in [7, 11) is 1.47. The molecule has 0 aliphatic carbocycles. The first-order chi connectivity index (χ1) is 14.2. The highest BCUT2D eigenvalue weighted by molar-refractivity contribution is 8.14. The second-order valence-corrected chi connectivity index (χ2v) is 9.91. The van der Waals surface area contributed by atoms with Gasteiger partial charge in [-0.25, -0.2) is 13.2 Å². The fourth-order valence-corrected chi connectivity index (χ4v) is 4.56. The number of aromatic carboxylic acids is 1. The fraction of sp³-hybridized carbons (Fsp3) is 0.364. The Morgan fingerprint density at radius 2 is 1.73 bits per heavy atom. The largest absolute Gasteiger partial charge is 0.478 e. The van der Waals surface area contributed by atoms with Crippen molar-refractivity contribution in [2.45, 2.75) is 56.8 Å². The predicted octanol–water partition coefficient (Wildman–Crippen LogP) is 5.47. The van der Waals surface area contributed by atoms with E-state index in [2.05, 4.69) is 6.92 Å². The maximum Gasteiger partial charge on any atom is 0.335 e. The van der Waals surface area contributed by atoms with E-state index in [4.69, 9.17) is 15.1 Å². The minimum atomic E-state index is -4.16. The van der Waals surface area contributed by atoms with Crippen LogP contribution in [0, 0.1) is 0 Å². The highest BCUT2D eigenvalue weighted by Crippen LogP contribution is 2.30. The summed E-state index contributed by atoms with van der Waals surface area (Å²) in [6.07, 6.45) is 7.10. The van der Waals surface area contributed by atoms with Crippen LogP contribution >= 0.6 is 10.7 Å². The van der Waals surface area contributed by atoms with Crippen molar-refractivity contribution in [1.82, 2.24) is 0 Å². The number of carboxylic acid groups (broad SMARTS) is 1. The molecule has 30 heavy (non-hydrogen) atoms. The highest BCUT2D eigenvalue weighted by atomic mass is 35.7. The van der Waals surface area contributed by atoms with Gasteiger partial charge in [-0.05, 0) is 48.7 Å². The van der Waals surface area contributed by atoms with Crippen molar-refractivity contribution >= 4 is 47.6 Å². The maximum absolute atomic E-state index is 13.1. The third kappa shape index (κ3) is 4.84. The fourth-order valence-electron chi connectivity index (χ4n) is 3.55. The molecule has 6 nitrogen and oxygen atoms in total. The minimum absolute atomic E-state index is 0.0532. The van der Waals surface area contributed by atoms with Gasteiger partial charge in [-0.3, -0.25) is 4.79 Å². The smallest absolute Gasteiger partial charge is 0.335 e. The summed E-state index contributed by atoms with van der Waals surface area (Å²) < 4.78 is 30.0. The van der Waals surface area contributed by atoms with E-state index in [0.29, 0.717) is 12.0 Å². The molecule has 0 aliphatic heterocycles. The second-order valence-electron chi connectivity index (χ2n) is 7.37. The molecule has 0 amide bonds. The molecule has 0 saturated heterocycles. The topological polar surface area (TPSA) is 102 Å². The SMILES string of the molecule is CCCCCCCCc1cc(S(=O)(=O)Cl)c2oc3ccc(C(=O)O)cc3c(=O)c2c1. The maximum atomic E-state index is 13.1. The molecule has 2 aromatic carbocycles. The Bertz CT molecular complexity index is 1260. The van der Waals surface area contributed by atoms with Crippen LogP contribution in [0.2, 0.25) is 0 Å². The van der Waals surface area contributed by atoms with Crippen LogP contribution in [-0.2, 0) is 15.5 Å². The van der Waals surface area contributed by atoms with E-state index in [1.54, 1.807) is 6.07 Å². The number of rotatable bonds is 9. The Balaban J connectivity index is 2.09. The number of unbranched alkanes of at least 4 members (excludes halogenated alkanes) is 5. The molecule has 3 aromatic rings. The summed E-state index contributed by atoms with van der Waals surface area (Å²) in [6, 6.07) is 6.94. The van der Waals surface area contributed by atoms with Crippen LogP contribution in [0.15, 0.2) is 44.4 Å². The molecule has 0 atom stereocenters. The number of carbonyl (C=O) groups is 1. The van der Waals surface area contributed by atoms with Gasteiger partial charge in [0.15, 0.2) is 5.58 Å². The Hall–Kier alpha value is -2.38. The van der Waals surface area contributed by atoms with E-state index in [1.807, 2.05) is 0 Å². The summed E-state index contributed by atoms with van der Waals surface area (Å²) >= 11 is 0. The van der Waals surface area contributed by atoms with Gasteiger partial charge in [-0.15, -0.1) is 0 Å². The number of hydrogen-bond acceptors (Lipinski definition) is 5. The number of aryl methyl sites for hydroxylation is 1. The van der Waals surface area contributed by atoms with Crippen molar-refractivity contribution in [2.24, 2.45) is 0 Å². The van der Waals surface area contributed by atoms with Crippen LogP contribution in [0.5, 0.6) is 0 Å². The van der Waals surface area contributed by atoms with Crippen LogP contribution in [0.25, 0.3) is 21.9 Å². The lowest BCUT2D eigenvalue weighted by Crippen LogP contribution is -2.07. The van der Waals surface area contributed by atoms with Crippen LogP contribution in [0.3, 0.4) is 0 Å². The average Bonchev–Trinajstić information content (AvgIpc) is 2.69. The zero-order valence-electron chi connectivity index (χ0n) is 16.6. The molecule has 8 heteroatoms. The van der Waals surface area contributed by atoms with Gasteiger partial charge in [0, 0.05) is 10.7 Å². The quantitative estimate of drug-likeness (QED) is 0.263. The van der Waals surface area contributed by atoms with Crippen LogP contribution in [-0.4, -0.2) is 19.5 Å². The molecule has 1 aromatic heterocycles. The number of fused-ring (bicyclic) bond motifs is 2. The Morgan fingerprint density at radius 3 is 2.40 bits per heavy atom. The van der Waals surface area contributed by atoms with E-state index < -0.39 is 20.4 Å². The van der Waals surface area contributed by atoms with Gasteiger partial charge < -0.3 is 9.52 Å². The molecule has 0 spiro atoms. The molecule has 1 N–H and O–H groups in total. The normalized spacial score (nSPS) is 11.9. The Morgan fingerprint density at radius 1 is 1.03 bits per heavy atom. The first-order valence-electron chi connectivity index (χ1n) is 9.94. The standard InChI is InChI=1S/C22H23ClO6S/c1-2-3-4-5-6-7-8-14-11-17-20(24)16-13-15(22(25)26)9-10-18(16)29-21(17)19(12-14)30(23,27)28/h9-13H,2-8H2,1H3,(H,25,26). The lowest BCUT2D eigenvalue weighted by Gasteiger charge is -2.09. The highest BCUT2D eigenvalue weighted by Gasteiger charge is 2.21. The number of benzene rings is 2. The van der Waals surface area contributed by atoms with Crippen molar-refractivity contribution in [3.8, 4) is 0 Å². The lowest BCUT2D eigenvalue weighted by molar-refractivity contribution is 0.0697. The van der Waals surface area contributed by atoms with Gasteiger partial charge in [0.05, 0.1) is 16.3 Å². The van der Waals surface area contributed by atoms with Crippen molar-refractivity contribution in [1.29, 1.82) is 0 Å². The van der Waals surface area contributed by atoms with E-state index >= 15 is 0 Å². The van der Waals surface area contributed by atoms with Crippen molar-refractivity contribution < 1.29 is 22.7 Å². The zero-order chi connectivity index (χ0) is 21.9. The average molecular weight is 451 g/mol. The zero-order valence-corrected chi connectivity index (χ0v) is 18.2. The van der Waals surface area contributed by atoms with Crippen molar-refractivity contribution in [2.75, 3.05) is 0 Å². The first kappa shape index (κ1) is 22.3. The van der Waals surface area contributed by atoms with Crippen LogP contribution < -0.4 is 5.43 Å². The Kier molecular flexibility index (Phi) is 6.83. The summed E-state index contributed by atoms with van der Waals surface area (Å²) in [4.78, 5) is 24.0. The van der Waals surface area contributed by atoms with Gasteiger partial charge in [0.2, 0.25) is 5.43 Å². The summed E-state index contributed by atoms with van der Waals surface area (Å²) in [6.45, 7) is 2.15. The molecular weight excluding hydrogens is 428 g/mol. The van der Waals surface area contributed by atoms with Crippen molar-refractivity contribution in [3.05, 3.63) is 51.7 Å². The van der Waals surface area contributed by atoms with E-state index in [9.17, 15) is 23.1 Å². The minimum Gasteiger partial charge on any atom is -0.478 e. The van der Waals surface area contributed by atoms with Gasteiger partial charge in [0.25, 0.3) is 9.05 Å². The lowest BCUT2D eigenvalue weighted by atomic mass is 10.0. The molecule has 0 bridgehead atoms. The summed E-state index contributed by atoms with van der Waals surface area (Å²) in [5, 5.41) is 9.35. The third-order valence-corrected chi connectivity index (χ3v) is 6.45. The van der Waals surface area contributed by atoms with Crippen molar-refractivity contribution in [3.63, 3.8) is 0 Å². The predicted molar refractivity (Wildman–Crippen MR) is 117 cm³/mol. The molecule has 0 saturated carbocycles. The van der Waals surface area contributed by atoms with Crippen LogP contribution in [0.1, 0.15) is 61.4 Å². The van der Waals surface area contributed by atoms with Gasteiger partial charge in [-0.1, -0.05) is 39.0 Å². The molecule has 3 rings (SSSR count). The molecule has 0 unspecified atom stereocenters. The Labute approximate surface area is 178 Å². The van der Waals surface area contributed by atoms with Gasteiger partial charge in [0.1, 0.15) is 10.5 Å². The van der Waals surface area contributed by atoms with E-state index in [-0.39, 0.29) is 32.4 Å². The van der Waals surface area contributed by atoms with E-state index in [1.165, 1.54) is 30.7 Å². The molecule has 0 aliphatic rings. The second kappa shape index (κ2) is 9.18. The molecule has 0 radical (unpaired) electrons.